The van der Waals surface area contributed by atoms with Crippen LogP contribution in [0.5, 0.6) is 5.75 Å². The van der Waals surface area contributed by atoms with Gasteiger partial charge in [0.15, 0.2) is 0 Å². The number of aromatic hydroxyl groups is 1. The van der Waals surface area contributed by atoms with Crippen molar-refractivity contribution in [2.45, 2.75) is 6.04 Å². The Morgan fingerprint density at radius 3 is 2.38 bits per heavy atom. The quantitative estimate of drug-likeness (QED) is 0.710. The van der Waals surface area contributed by atoms with Crippen LogP contribution in [-0.2, 0) is 0 Å². The van der Waals surface area contributed by atoms with E-state index in [4.69, 9.17) is 34.7 Å². The van der Waals surface area contributed by atoms with Gasteiger partial charge in [-0.25, -0.2) is 0 Å². The van der Waals surface area contributed by atoms with Gasteiger partial charge in [-0.3, -0.25) is 0 Å². The Kier molecular flexibility index (Phi) is 3.39. The van der Waals surface area contributed by atoms with E-state index in [0.29, 0.717) is 15.6 Å². The van der Waals surface area contributed by atoms with Crippen LogP contribution in [0.1, 0.15) is 11.6 Å². The number of nitrogens with two attached hydrogens (primary N) is 2. The lowest BCUT2D eigenvalue weighted by Crippen LogP contribution is -2.20. The Balaban J connectivity index is 3.15. The molecule has 0 saturated carbocycles. The smallest absolute Gasteiger partial charge is 0.121 e. The highest BCUT2D eigenvalue weighted by atomic mass is 35.5. The summed E-state index contributed by atoms with van der Waals surface area (Å²) in [7, 11) is 0. The van der Waals surface area contributed by atoms with Gasteiger partial charge in [0.05, 0.1) is 10.0 Å². The molecule has 0 saturated heterocycles. The number of hydrogen-bond acceptors (Lipinski definition) is 3. The van der Waals surface area contributed by atoms with Crippen molar-refractivity contribution in [3.8, 4) is 5.75 Å². The number of rotatable bonds is 2. The summed E-state index contributed by atoms with van der Waals surface area (Å²) in [5, 5.41) is 10.1. The van der Waals surface area contributed by atoms with E-state index in [0.717, 1.165) is 0 Å². The van der Waals surface area contributed by atoms with E-state index >= 15 is 0 Å². The van der Waals surface area contributed by atoms with Gasteiger partial charge < -0.3 is 16.6 Å². The second kappa shape index (κ2) is 4.15. The predicted molar refractivity (Wildman–Crippen MR) is 54.1 cm³/mol. The van der Waals surface area contributed by atoms with Gasteiger partial charge in [0.1, 0.15) is 5.75 Å². The average molecular weight is 221 g/mol. The summed E-state index contributed by atoms with van der Waals surface area (Å²) in [5.74, 6) is 0.0207. The van der Waals surface area contributed by atoms with Crippen LogP contribution in [0.15, 0.2) is 12.1 Å². The van der Waals surface area contributed by atoms with Gasteiger partial charge in [0, 0.05) is 24.2 Å². The summed E-state index contributed by atoms with van der Waals surface area (Å²) in [6.07, 6.45) is 0. The maximum absolute atomic E-state index is 9.44. The van der Waals surface area contributed by atoms with Crippen molar-refractivity contribution in [1.29, 1.82) is 0 Å². The van der Waals surface area contributed by atoms with E-state index < -0.39 is 6.04 Å². The molecule has 0 bridgehead atoms. The molecule has 13 heavy (non-hydrogen) atoms. The minimum Gasteiger partial charge on any atom is -0.508 e. The van der Waals surface area contributed by atoms with Crippen LogP contribution in [-0.4, -0.2) is 11.7 Å². The molecule has 0 aliphatic heterocycles. The molecule has 3 nitrogen and oxygen atoms in total. The monoisotopic (exact) mass is 220 g/mol. The molecule has 1 aromatic rings. The third-order valence-corrected chi connectivity index (χ3v) is 2.45. The Labute approximate surface area is 86.2 Å². The van der Waals surface area contributed by atoms with Crippen LogP contribution in [0.2, 0.25) is 10.0 Å². The molecule has 5 N–H and O–H groups in total. The molecule has 72 valence electrons. The second-order valence-electron chi connectivity index (χ2n) is 2.67. The molecule has 0 aliphatic rings. The van der Waals surface area contributed by atoms with Gasteiger partial charge in [-0.2, -0.15) is 0 Å². The first kappa shape index (κ1) is 10.6. The fraction of sp³-hybridized carbons (Fsp3) is 0.250. The van der Waals surface area contributed by atoms with Crippen LogP contribution in [0.25, 0.3) is 0 Å². The maximum atomic E-state index is 9.44. The molecule has 1 aromatic carbocycles. The predicted octanol–water partition coefficient (Wildman–Crippen LogP) is 1.66. The zero-order valence-corrected chi connectivity index (χ0v) is 8.31. The molecule has 0 aromatic heterocycles. The molecule has 0 fully saturated rings. The number of phenols is 1. The molecule has 1 rings (SSSR count). The van der Waals surface area contributed by atoms with Gasteiger partial charge in [-0.15, -0.1) is 0 Å². The molecular weight excluding hydrogens is 211 g/mol. The highest BCUT2D eigenvalue weighted by Gasteiger charge is 2.11. The molecule has 1 atom stereocenters. The lowest BCUT2D eigenvalue weighted by atomic mass is 10.1. The highest BCUT2D eigenvalue weighted by Crippen LogP contribution is 2.32. The first-order valence-electron chi connectivity index (χ1n) is 3.69. The Morgan fingerprint density at radius 2 is 1.85 bits per heavy atom. The Bertz CT molecular complexity index is 317. The molecule has 0 amide bonds. The fourth-order valence-corrected chi connectivity index (χ4v) is 1.31. The maximum Gasteiger partial charge on any atom is 0.121 e. The Morgan fingerprint density at radius 1 is 1.31 bits per heavy atom. The van der Waals surface area contributed by atoms with E-state index in [1.54, 1.807) is 0 Å². The summed E-state index contributed by atoms with van der Waals surface area (Å²) < 4.78 is 0. The van der Waals surface area contributed by atoms with E-state index in [-0.39, 0.29) is 12.3 Å². The van der Waals surface area contributed by atoms with E-state index in [2.05, 4.69) is 0 Å². The van der Waals surface area contributed by atoms with Crippen molar-refractivity contribution >= 4 is 23.2 Å². The van der Waals surface area contributed by atoms with Gasteiger partial charge in [-0.05, 0) is 6.07 Å². The lowest BCUT2D eigenvalue weighted by Gasteiger charge is -2.11. The average Bonchev–Trinajstić information content (AvgIpc) is 2.10. The van der Waals surface area contributed by atoms with Gasteiger partial charge in [0.25, 0.3) is 0 Å². The van der Waals surface area contributed by atoms with Crippen molar-refractivity contribution in [1.82, 2.24) is 0 Å². The summed E-state index contributed by atoms with van der Waals surface area (Å²) in [5.41, 5.74) is 11.5. The van der Waals surface area contributed by atoms with Crippen molar-refractivity contribution in [3.05, 3.63) is 27.7 Å². The van der Waals surface area contributed by atoms with Crippen LogP contribution < -0.4 is 11.5 Å². The Hall–Kier alpha value is -0.480. The summed E-state index contributed by atoms with van der Waals surface area (Å²) in [6.45, 7) is 0.242. The summed E-state index contributed by atoms with van der Waals surface area (Å²) >= 11 is 11.4. The van der Waals surface area contributed by atoms with Gasteiger partial charge in [-0.1, -0.05) is 23.2 Å². The van der Waals surface area contributed by atoms with Crippen molar-refractivity contribution < 1.29 is 5.11 Å². The van der Waals surface area contributed by atoms with Crippen LogP contribution in [0.4, 0.5) is 0 Å². The fourth-order valence-electron chi connectivity index (χ4n) is 0.976. The zero-order chi connectivity index (χ0) is 10.0. The van der Waals surface area contributed by atoms with Crippen LogP contribution >= 0.6 is 23.2 Å². The number of benzene rings is 1. The van der Waals surface area contributed by atoms with E-state index in [1.807, 2.05) is 0 Å². The van der Waals surface area contributed by atoms with Crippen LogP contribution in [0.3, 0.4) is 0 Å². The lowest BCUT2D eigenvalue weighted by molar-refractivity contribution is 0.462. The normalized spacial score (nSPS) is 12.9. The largest absolute Gasteiger partial charge is 0.508 e. The molecular formula is C8H10Cl2N2O. The summed E-state index contributed by atoms with van der Waals surface area (Å²) in [4.78, 5) is 0. The molecule has 0 unspecified atom stereocenters. The van der Waals surface area contributed by atoms with E-state index in [9.17, 15) is 5.11 Å². The van der Waals surface area contributed by atoms with Gasteiger partial charge in [0.2, 0.25) is 0 Å². The molecule has 0 aliphatic carbocycles. The second-order valence-corrected chi connectivity index (χ2v) is 3.48. The molecule has 0 radical (unpaired) electrons. The van der Waals surface area contributed by atoms with Crippen LogP contribution in [0, 0.1) is 0 Å². The summed E-state index contributed by atoms with van der Waals surface area (Å²) in [6, 6.07) is 2.46. The first-order chi connectivity index (χ1) is 6.06. The third kappa shape index (κ3) is 2.25. The topological polar surface area (TPSA) is 72.3 Å². The van der Waals surface area contributed by atoms with Crippen molar-refractivity contribution in [2.75, 3.05) is 6.54 Å². The minimum atomic E-state index is -0.422. The number of halogens is 2. The van der Waals surface area contributed by atoms with Gasteiger partial charge >= 0.3 is 0 Å². The number of hydrogen-bond donors (Lipinski definition) is 3. The standard InChI is InChI=1S/C8H10Cl2N2O/c9-5-1-4(7(12)3-11)8(13)2-6(5)10/h1-2,7,13H,3,11-12H2/t7-/m0/s1. The highest BCUT2D eigenvalue weighted by molar-refractivity contribution is 6.42. The number of phenolic OH excluding ortho intramolecular Hbond substituents is 1. The third-order valence-electron chi connectivity index (χ3n) is 1.72. The molecule has 5 heteroatoms. The zero-order valence-electron chi connectivity index (χ0n) is 6.80. The first-order valence-corrected chi connectivity index (χ1v) is 4.45. The molecule has 0 spiro atoms. The molecule has 0 heterocycles. The minimum absolute atomic E-state index is 0.0207. The van der Waals surface area contributed by atoms with E-state index in [1.165, 1.54) is 12.1 Å². The van der Waals surface area contributed by atoms with Crippen molar-refractivity contribution in [3.63, 3.8) is 0 Å². The SMILES string of the molecule is NC[C@H](N)c1cc(Cl)c(Cl)cc1O. The van der Waals surface area contributed by atoms with Crippen molar-refractivity contribution in [2.24, 2.45) is 11.5 Å².